The minimum absolute atomic E-state index is 0.367. The van der Waals surface area contributed by atoms with Crippen molar-refractivity contribution >= 4 is 19.7 Å². The van der Waals surface area contributed by atoms with Crippen molar-refractivity contribution in [3.05, 3.63) is 29.6 Å². The molecule has 0 fully saturated rings. The van der Waals surface area contributed by atoms with Gasteiger partial charge >= 0.3 is 6.61 Å². The van der Waals surface area contributed by atoms with Crippen molar-refractivity contribution in [1.29, 1.82) is 0 Å². The van der Waals surface area contributed by atoms with Crippen LogP contribution in [-0.2, 0) is 25.4 Å². The van der Waals surface area contributed by atoms with E-state index in [0.29, 0.717) is 6.26 Å². The topological polar surface area (TPSA) is 77.5 Å². The number of hydrogen-bond acceptors (Lipinski definition) is 5. The highest BCUT2D eigenvalue weighted by atomic mass is 32.3. The molecule has 0 spiro atoms. The average Bonchev–Trinajstić information content (AvgIpc) is 2.18. The fraction of sp³-hybridized carbons (Fsp3) is 0.400. The maximum absolute atomic E-state index is 13.4. The first-order chi connectivity index (χ1) is 9.00. The van der Waals surface area contributed by atoms with Crippen LogP contribution in [-0.4, -0.2) is 34.8 Å². The van der Waals surface area contributed by atoms with E-state index in [0.717, 1.165) is 18.2 Å². The molecule has 0 aliphatic carbocycles. The molecule has 114 valence electrons. The minimum atomic E-state index is -4.15. The summed E-state index contributed by atoms with van der Waals surface area (Å²) in [6, 6.07) is 3.00. The molecule has 0 unspecified atom stereocenters. The Kier molecular flexibility index (Phi) is 5.03. The summed E-state index contributed by atoms with van der Waals surface area (Å²) in [5.74, 6) is -2.98. The second kappa shape index (κ2) is 6.00. The van der Waals surface area contributed by atoms with Gasteiger partial charge in [0, 0.05) is 11.8 Å². The van der Waals surface area contributed by atoms with Crippen molar-refractivity contribution in [2.24, 2.45) is 0 Å². The number of benzene rings is 1. The van der Waals surface area contributed by atoms with Crippen molar-refractivity contribution in [2.75, 3.05) is 11.3 Å². The Balaban J connectivity index is 3.12. The first-order valence-electron chi connectivity index (χ1n) is 5.10. The molecule has 0 atom stereocenters. The maximum Gasteiger partial charge on any atom is 0.387 e. The molecule has 0 aromatic heterocycles. The zero-order chi connectivity index (χ0) is 15.6. The van der Waals surface area contributed by atoms with E-state index in [1.54, 1.807) is 0 Å². The summed E-state index contributed by atoms with van der Waals surface area (Å²) in [6.07, 6.45) is 0.715. The molecular weight excluding hydrogens is 321 g/mol. The van der Waals surface area contributed by atoms with Gasteiger partial charge in [-0.25, -0.2) is 21.2 Å². The van der Waals surface area contributed by atoms with Gasteiger partial charge in [0.05, 0.1) is 5.75 Å². The molecule has 20 heavy (non-hydrogen) atoms. The molecule has 0 N–H and O–H groups in total. The number of sulfone groups is 2. The van der Waals surface area contributed by atoms with Gasteiger partial charge in [-0.2, -0.15) is 8.78 Å². The van der Waals surface area contributed by atoms with Crippen LogP contribution in [0.25, 0.3) is 0 Å². The van der Waals surface area contributed by atoms with Crippen LogP contribution in [0.1, 0.15) is 5.56 Å². The van der Waals surface area contributed by atoms with Crippen LogP contribution in [0.5, 0.6) is 5.75 Å². The number of para-hydroxylation sites is 1. The molecule has 10 heteroatoms. The lowest BCUT2D eigenvalue weighted by Gasteiger charge is -2.11. The van der Waals surface area contributed by atoms with E-state index in [1.165, 1.54) is 0 Å². The van der Waals surface area contributed by atoms with Gasteiger partial charge in [0.25, 0.3) is 0 Å². The summed E-state index contributed by atoms with van der Waals surface area (Å²) in [7, 11) is -7.97. The Morgan fingerprint density at radius 2 is 1.80 bits per heavy atom. The van der Waals surface area contributed by atoms with E-state index >= 15 is 0 Å². The molecule has 1 aromatic rings. The molecule has 0 amide bonds. The molecule has 0 bridgehead atoms. The quantitative estimate of drug-likeness (QED) is 0.786. The van der Waals surface area contributed by atoms with E-state index < -0.39 is 48.7 Å². The lowest BCUT2D eigenvalue weighted by molar-refractivity contribution is -0.0527. The fourth-order valence-electron chi connectivity index (χ4n) is 1.49. The van der Waals surface area contributed by atoms with E-state index in [9.17, 15) is 30.0 Å². The Morgan fingerprint density at radius 1 is 1.20 bits per heavy atom. The van der Waals surface area contributed by atoms with Gasteiger partial charge in [-0.05, 0) is 6.07 Å². The van der Waals surface area contributed by atoms with Gasteiger partial charge in [-0.1, -0.05) is 12.1 Å². The third-order valence-electron chi connectivity index (χ3n) is 2.02. The third-order valence-corrected chi connectivity index (χ3v) is 5.92. The summed E-state index contributed by atoms with van der Waals surface area (Å²) in [6.45, 7) is -3.33. The molecular formula is C10H11F3O5S2. The first-order valence-corrected chi connectivity index (χ1v) is 8.99. The zero-order valence-corrected chi connectivity index (χ0v) is 11.8. The smallest absolute Gasteiger partial charge is 0.387 e. The minimum Gasteiger partial charge on any atom is -0.431 e. The van der Waals surface area contributed by atoms with Crippen LogP contribution in [0.2, 0.25) is 0 Å². The van der Waals surface area contributed by atoms with Crippen LogP contribution in [0.4, 0.5) is 13.2 Å². The van der Waals surface area contributed by atoms with Gasteiger partial charge in [0.15, 0.2) is 36.3 Å². The number of halogens is 3. The molecule has 1 aromatic carbocycles. The van der Waals surface area contributed by atoms with Gasteiger partial charge in [-0.15, -0.1) is 0 Å². The summed E-state index contributed by atoms with van der Waals surface area (Å²) >= 11 is 0. The lowest BCUT2D eigenvalue weighted by Crippen LogP contribution is -2.18. The average molecular weight is 332 g/mol. The maximum atomic E-state index is 13.4. The lowest BCUT2D eigenvalue weighted by atomic mass is 10.2. The van der Waals surface area contributed by atoms with Gasteiger partial charge in [0.1, 0.15) is 0 Å². The van der Waals surface area contributed by atoms with E-state index in [-0.39, 0.29) is 5.56 Å². The van der Waals surface area contributed by atoms with Crippen LogP contribution >= 0.6 is 0 Å². The Bertz CT molecular complexity index is 683. The second-order valence-corrected chi connectivity index (χ2v) is 8.61. The van der Waals surface area contributed by atoms with Crippen molar-refractivity contribution in [2.45, 2.75) is 12.4 Å². The van der Waals surface area contributed by atoms with Crippen LogP contribution in [0, 0.1) is 5.82 Å². The summed E-state index contributed by atoms with van der Waals surface area (Å²) in [4.78, 5) is 0. The predicted molar refractivity (Wildman–Crippen MR) is 65.4 cm³/mol. The van der Waals surface area contributed by atoms with Crippen LogP contribution in [0.15, 0.2) is 18.2 Å². The van der Waals surface area contributed by atoms with Crippen LogP contribution in [0.3, 0.4) is 0 Å². The van der Waals surface area contributed by atoms with Crippen molar-refractivity contribution in [3.8, 4) is 5.75 Å². The SMILES string of the molecule is CS(=O)(=O)CS(=O)(=O)Cc1cccc(F)c1OC(F)F. The number of ether oxygens (including phenoxy) is 1. The molecule has 0 radical (unpaired) electrons. The number of alkyl halides is 2. The third kappa shape index (κ3) is 5.37. The first kappa shape index (κ1) is 16.8. The van der Waals surface area contributed by atoms with E-state index in [4.69, 9.17) is 0 Å². The van der Waals surface area contributed by atoms with E-state index in [2.05, 4.69) is 4.74 Å². The molecule has 1 rings (SSSR count). The molecule has 0 heterocycles. The molecule has 0 saturated carbocycles. The normalized spacial score (nSPS) is 12.7. The Labute approximate surface area is 114 Å². The zero-order valence-electron chi connectivity index (χ0n) is 10.2. The summed E-state index contributed by atoms with van der Waals surface area (Å²) in [5.41, 5.74) is -0.367. The summed E-state index contributed by atoms with van der Waals surface area (Å²) in [5, 5.41) is -1.16. The monoisotopic (exact) mass is 332 g/mol. The van der Waals surface area contributed by atoms with Crippen molar-refractivity contribution in [1.82, 2.24) is 0 Å². The van der Waals surface area contributed by atoms with Crippen molar-refractivity contribution < 1.29 is 34.7 Å². The molecule has 0 aliphatic rings. The van der Waals surface area contributed by atoms with Gasteiger partial charge in [0.2, 0.25) is 0 Å². The highest BCUT2D eigenvalue weighted by molar-refractivity contribution is 8.07. The number of hydrogen-bond donors (Lipinski definition) is 0. The van der Waals surface area contributed by atoms with E-state index in [1.807, 2.05) is 0 Å². The summed E-state index contributed by atoms with van der Waals surface area (Å²) < 4.78 is 86.7. The fourth-order valence-corrected chi connectivity index (χ4v) is 5.14. The van der Waals surface area contributed by atoms with Crippen molar-refractivity contribution in [3.63, 3.8) is 0 Å². The molecule has 5 nitrogen and oxygen atoms in total. The highest BCUT2D eigenvalue weighted by Gasteiger charge is 2.23. The second-order valence-electron chi connectivity index (χ2n) is 4.04. The predicted octanol–water partition coefficient (Wildman–Crippen LogP) is 1.34. The van der Waals surface area contributed by atoms with Gasteiger partial charge < -0.3 is 4.74 Å². The standard InChI is InChI=1S/C10H11F3O5S2/c1-19(14,15)6-20(16,17)5-7-3-2-4-8(11)9(7)18-10(12)13/h2-4,10H,5-6H2,1H3. The molecule has 0 aliphatic heterocycles. The van der Waals surface area contributed by atoms with Gasteiger partial charge in [-0.3, -0.25) is 0 Å². The Hall–Kier alpha value is -1.29. The largest absolute Gasteiger partial charge is 0.431 e. The van der Waals surface area contributed by atoms with Crippen LogP contribution < -0.4 is 4.74 Å². The highest BCUT2D eigenvalue weighted by Crippen LogP contribution is 2.26. The molecule has 0 saturated heterocycles. The number of rotatable bonds is 6. The Morgan fingerprint density at radius 3 is 2.30 bits per heavy atom.